The Labute approximate surface area is 119 Å². The van der Waals surface area contributed by atoms with E-state index >= 15 is 0 Å². The van der Waals surface area contributed by atoms with Crippen molar-refractivity contribution in [3.05, 3.63) is 52.2 Å². The number of nitrogens with one attached hydrogen (secondary N) is 1. The van der Waals surface area contributed by atoms with Crippen molar-refractivity contribution in [3.8, 4) is 5.75 Å². The second-order valence-corrected chi connectivity index (χ2v) is 5.16. The molecular formula is C14H13F2NO2S. The van der Waals surface area contributed by atoms with E-state index in [4.69, 9.17) is 4.74 Å². The van der Waals surface area contributed by atoms with Crippen LogP contribution in [0.1, 0.15) is 11.8 Å². The SMILES string of the molecule is C[C@H](Oc1ccc(F)cc1F)C(=O)NCc1cccs1. The molecule has 0 fully saturated rings. The molecule has 2 rings (SSSR count). The van der Waals surface area contributed by atoms with Gasteiger partial charge < -0.3 is 10.1 Å². The van der Waals surface area contributed by atoms with Gasteiger partial charge in [0.25, 0.3) is 5.91 Å². The van der Waals surface area contributed by atoms with Gasteiger partial charge in [0, 0.05) is 10.9 Å². The van der Waals surface area contributed by atoms with E-state index in [1.165, 1.54) is 18.3 Å². The zero-order valence-electron chi connectivity index (χ0n) is 10.7. The average molecular weight is 297 g/mol. The number of halogens is 2. The normalized spacial score (nSPS) is 11.9. The van der Waals surface area contributed by atoms with Gasteiger partial charge in [-0.05, 0) is 30.5 Å². The number of amides is 1. The Kier molecular flexibility index (Phi) is 4.68. The number of carbonyl (C=O) groups excluding carboxylic acids is 1. The Balaban J connectivity index is 1.90. The van der Waals surface area contributed by atoms with Gasteiger partial charge in [-0.2, -0.15) is 0 Å². The Bertz CT molecular complexity index is 587. The van der Waals surface area contributed by atoms with Crippen LogP contribution in [0.15, 0.2) is 35.7 Å². The fraction of sp³-hybridized carbons (Fsp3) is 0.214. The Morgan fingerprint density at radius 2 is 2.20 bits per heavy atom. The summed E-state index contributed by atoms with van der Waals surface area (Å²) in [6.45, 7) is 1.91. The molecule has 3 nitrogen and oxygen atoms in total. The highest BCUT2D eigenvalue weighted by Gasteiger charge is 2.16. The molecule has 0 spiro atoms. The van der Waals surface area contributed by atoms with Crippen LogP contribution in [0.5, 0.6) is 5.75 Å². The molecule has 0 saturated heterocycles. The lowest BCUT2D eigenvalue weighted by Crippen LogP contribution is -2.35. The molecule has 1 aromatic carbocycles. The first-order valence-corrected chi connectivity index (χ1v) is 6.86. The monoisotopic (exact) mass is 297 g/mol. The maximum atomic E-state index is 13.4. The number of hydrogen-bond donors (Lipinski definition) is 1. The molecule has 1 heterocycles. The molecule has 106 valence electrons. The fourth-order valence-electron chi connectivity index (χ4n) is 1.55. The van der Waals surface area contributed by atoms with Crippen molar-refractivity contribution in [1.82, 2.24) is 5.32 Å². The average Bonchev–Trinajstić information content (AvgIpc) is 2.92. The third kappa shape index (κ3) is 3.77. The van der Waals surface area contributed by atoms with Crippen LogP contribution in [-0.2, 0) is 11.3 Å². The van der Waals surface area contributed by atoms with Gasteiger partial charge in [0.2, 0.25) is 0 Å². The summed E-state index contributed by atoms with van der Waals surface area (Å²) in [5, 5.41) is 4.60. The van der Waals surface area contributed by atoms with Crippen molar-refractivity contribution in [2.75, 3.05) is 0 Å². The van der Waals surface area contributed by atoms with Gasteiger partial charge in [0.05, 0.1) is 6.54 Å². The van der Waals surface area contributed by atoms with Crippen LogP contribution in [0, 0.1) is 11.6 Å². The summed E-state index contributed by atoms with van der Waals surface area (Å²) in [5.41, 5.74) is 0. The van der Waals surface area contributed by atoms with Crippen LogP contribution in [0.4, 0.5) is 8.78 Å². The summed E-state index contributed by atoms with van der Waals surface area (Å²) in [5.74, 6) is -2.03. The highest BCUT2D eigenvalue weighted by molar-refractivity contribution is 7.09. The summed E-state index contributed by atoms with van der Waals surface area (Å²) < 4.78 is 31.3. The van der Waals surface area contributed by atoms with Gasteiger partial charge in [-0.25, -0.2) is 8.78 Å². The molecule has 1 amide bonds. The molecular weight excluding hydrogens is 284 g/mol. The maximum Gasteiger partial charge on any atom is 0.261 e. The topological polar surface area (TPSA) is 38.3 Å². The minimum Gasteiger partial charge on any atom is -0.478 e. The molecule has 2 aromatic rings. The molecule has 0 aliphatic heterocycles. The number of hydrogen-bond acceptors (Lipinski definition) is 3. The number of rotatable bonds is 5. The van der Waals surface area contributed by atoms with E-state index in [0.29, 0.717) is 12.6 Å². The minimum absolute atomic E-state index is 0.148. The summed E-state index contributed by atoms with van der Waals surface area (Å²) >= 11 is 1.53. The summed E-state index contributed by atoms with van der Waals surface area (Å²) in [6.07, 6.45) is -0.866. The molecule has 20 heavy (non-hydrogen) atoms. The minimum atomic E-state index is -0.866. The van der Waals surface area contributed by atoms with Crippen LogP contribution in [0.25, 0.3) is 0 Å². The van der Waals surface area contributed by atoms with E-state index < -0.39 is 17.7 Å². The highest BCUT2D eigenvalue weighted by atomic mass is 32.1. The molecule has 1 aromatic heterocycles. The standard InChI is InChI=1S/C14H13F2NO2S/c1-9(14(18)17-8-11-3-2-6-20-11)19-13-5-4-10(15)7-12(13)16/h2-7,9H,8H2,1H3,(H,17,18)/t9-/m0/s1. The zero-order chi connectivity index (χ0) is 14.5. The predicted molar refractivity (Wildman–Crippen MR) is 72.6 cm³/mol. The Hall–Kier alpha value is -1.95. The van der Waals surface area contributed by atoms with Crippen molar-refractivity contribution in [1.29, 1.82) is 0 Å². The fourth-order valence-corrected chi connectivity index (χ4v) is 2.19. The van der Waals surface area contributed by atoms with Crippen LogP contribution in [-0.4, -0.2) is 12.0 Å². The molecule has 1 atom stereocenters. The number of ether oxygens (including phenoxy) is 1. The van der Waals surface area contributed by atoms with E-state index in [2.05, 4.69) is 5.32 Å². The van der Waals surface area contributed by atoms with Crippen LogP contribution < -0.4 is 10.1 Å². The zero-order valence-corrected chi connectivity index (χ0v) is 11.5. The summed E-state index contributed by atoms with van der Waals surface area (Å²) in [6, 6.07) is 6.74. The van der Waals surface area contributed by atoms with Crippen LogP contribution in [0.3, 0.4) is 0 Å². The molecule has 1 N–H and O–H groups in total. The van der Waals surface area contributed by atoms with E-state index in [1.54, 1.807) is 0 Å². The predicted octanol–water partition coefficient (Wildman–Crippen LogP) is 3.11. The molecule has 6 heteroatoms. The van der Waals surface area contributed by atoms with Gasteiger partial charge in [0.15, 0.2) is 17.7 Å². The number of thiophene rings is 1. The molecule has 0 aliphatic rings. The lowest BCUT2D eigenvalue weighted by atomic mass is 10.3. The van der Waals surface area contributed by atoms with Crippen molar-refractivity contribution in [3.63, 3.8) is 0 Å². The van der Waals surface area contributed by atoms with E-state index in [-0.39, 0.29) is 11.7 Å². The van der Waals surface area contributed by atoms with Gasteiger partial charge >= 0.3 is 0 Å². The van der Waals surface area contributed by atoms with Gasteiger partial charge in [0.1, 0.15) is 5.82 Å². The van der Waals surface area contributed by atoms with Crippen molar-refractivity contribution >= 4 is 17.2 Å². The van der Waals surface area contributed by atoms with Crippen LogP contribution >= 0.6 is 11.3 Å². The second-order valence-electron chi connectivity index (χ2n) is 4.13. The quantitative estimate of drug-likeness (QED) is 0.921. The van der Waals surface area contributed by atoms with Crippen molar-refractivity contribution < 1.29 is 18.3 Å². The Morgan fingerprint density at radius 3 is 2.85 bits per heavy atom. The van der Waals surface area contributed by atoms with Crippen molar-refractivity contribution in [2.45, 2.75) is 19.6 Å². The van der Waals surface area contributed by atoms with Crippen LogP contribution in [0.2, 0.25) is 0 Å². The summed E-state index contributed by atoms with van der Waals surface area (Å²) in [4.78, 5) is 12.8. The first-order chi connectivity index (χ1) is 9.56. The maximum absolute atomic E-state index is 13.4. The first kappa shape index (κ1) is 14.5. The molecule has 0 bridgehead atoms. The third-order valence-electron chi connectivity index (χ3n) is 2.58. The third-order valence-corrected chi connectivity index (χ3v) is 3.46. The number of benzene rings is 1. The molecule has 0 unspecified atom stereocenters. The molecule has 0 radical (unpaired) electrons. The summed E-state index contributed by atoms with van der Waals surface area (Å²) in [7, 11) is 0. The lowest BCUT2D eigenvalue weighted by Gasteiger charge is -2.14. The largest absolute Gasteiger partial charge is 0.478 e. The van der Waals surface area contributed by atoms with Gasteiger partial charge in [-0.15, -0.1) is 11.3 Å². The first-order valence-electron chi connectivity index (χ1n) is 5.98. The van der Waals surface area contributed by atoms with Gasteiger partial charge in [-0.1, -0.05) is 6.07 Å². The van der Waals surface area contributed by atoms with Crippen molar-refractivity contribution in [2.24, 2.45) is 0 Å². The Morgan fingerprint density at radius 1 is 1.40 bits per heavy atom. The highest BCUT2D eigenvalue weighted by Crippen LogP contribution is 2.19. The van der Waals surface area contributed by atoms with Gasteiger partial charge in [-0.3, -0.25) is 4.79 Å². The number of carbonyl (C=O) groups is 1. The molecule has 0 saturated carbocycles. The van der Waals surface area contributed by atoms with E-state index in [0.717, 1.165) is 17.0 Å². The second kappa shape index (κ2) is 6.47. The van der Waals surface area contributed by atoms with E-state index in [1.807, 2.05) is 17.5 Å². The smallest absolute Gasteiger partial charge is 0.261 e. The van der Waals surface area contributed by atoms with E-state index in [9.17, 15) is 13.6 Å². The molecule has 0 aliphatic carbocycles. The lowest BCUT2D eigenvalue weighted by molar-refractivity contribution is -0.127.